The largest absolute Gasteiger partial charge is 0.487 e. The summed E-state index contributed by atoms with van der Waals surface area (Å²) in [6, 6.07) is 21.4. The number of amides is 1. The van der Waals surface area contributed by atoms with E-state index >= 15 is 0 Å². The Kier molecular flexibility index (Phi) is 9.48. The van der Waals surface area contributed by atoms with E-state index in [9.17, 15) is 9.18 Å². The van der Waals surface area contributed by atoms with Crippen LogP contribution in [0.15, 0.2) is 77.2 Å². The van der Waals surface area contributed by atoms with Crippen LogP contribution in [0.25, 0.3) is 11.5 Å². The minimum absolute atomic E-state index is 0.120. The summed E-state index contributed by atoms with van der Waals surface area (Å²) in [7, 11) is 0. The van der Waals surface area contributed by atoms with Crippen molar-refractivity contribution < 1.29 is 18.3 Å². The fraction of sp³-hybridized carbons (Fsp3) is 0.267. The van der Waals surface area contributed by atoms with Crippen LogP contribution in [0.1, 0.15) is 33.8 Å². The second-order valence-corrected chi connectivity index (χ2v) is 8.99. The van der Waals surface area contributed by atoms with Gasteiger partial charge in [0.15, 0.2) is 0 Å². The average molecular weight is 517 g/mol. The fourth-order valence-corrected chi connectivity index (χ4v) is 3.74. The molecule has 0 aliphatic rings. The van der Waals surface area contributed by atoms with Gasteiger partial charge in [-0.15, -0.1) is 0 Å². The van der Waals surface area contributed by atoms with E-state index in [1.165, 1.54) is 17.7 Å². The molecular weight excluding hydrogens is 483 g/mol. The highest BCUT2D eigenvalue weighted by atomic mass is 19.1. The molecule has 3 N–H and O–H groups in total. The normalized spacial score (nSPS) is 10.8. The molecule has 1 amide bonds. The van der Waals surface area contributed by atoms with Crippen molar-refractivity contribution in [1.82, 2.24) is 15.6 Å². The molecular formula is C30H33FN4O3. The van der Waals surface area contributed by atoms with E-state index in [0.717, 1.165) is 48.7 Å². The molecule has 0 spiro atoms. The Hall–Kier alpha value is -4.17. The van der Waals surface area contributed by atoms with E-state index in [2.05, 4.69) is 20.9 Å². The molecule has 1 aromatic heterocycles. The standard InChI is InChI=1S/C30H33FN4O3/c1-21-4-14-27(15-5-21)37-20-28-22(2)38-30(35-28)24-8-6-23(7-9-24)29(36)34-17-3-16-32-18-19-33-26-12-10-25(31)11-13-26/h4-15,32-33H,3,16-20H2,1-2H3,(H,34,36). The molecule has 0 atom stereocenters. The molecule has 0 aliphatic carbocycles. The first kappa shape index (κ1) is 26.9. The molecule has 0 radical (unpaired) electrons. The quantitative estimate of drug-likeness (QED) is 0.204. The lowest BCUT2D eigenvalue weighted by atomic mass is 10.1. The number of halogens is 1. The topological polar surface area (TPSA) is 88.4 Å². The van der Waals surface area contributed by atoms with Crippen LogP contribution in [0.5, 0.6) is 5.75 Å². The van der Waals surface area contributed by atoms with Crippen molar-refractivity contribution in [3.05, 3.63) is 101 Å². The van der Waals surface area contributed by atoms with Gasteiger partial charge >= 0.3 is 0 Å². The number of nitrogens with zero attached hydrogens (tertiary/aromatic N) is 1. The van der Waals surface area contributed by atoms with Gasteiger partial charge in [0, 0.05) is 36.4 Å². The minimum Gasteiger partial charge on any atom is -0.487 e. The van der Waals surface area contributed by atoms with E-state index in [1.54, 1.807) is 24.3 Å². The summed E-state index contributed by atoms with van der Waals surface area (Å²) in [6.45, 7) is 7.07. The highest BCUT2D eigenvalue weighted by Crippen LogP contribution is 2.23. The van der Waals surface area contributed by atoms with Gasteiger partial charge < -0.3 is 25.1 Å². The Bertz CT molecular complexity index is 1300. The summed E-state index contributed by atoms with van der Waals surface area (Å²) >= 11 is 0. The third-order valence-electron chi connectivity index (χ3n) is 5.97. The molecule has 0 saturated carbocycles. The fourth-order valence-electron chi connectivity index (χ4n) is 3.74. The number of oxazole rings is 1. The first-order valence-electron chi connectivity index (χ1n) is 12.7. The Morgan fingerprint density at radius 1 is 0.895 bits per heavy atom. The molecule has 0 unspecified atom stereocenters. The van der Waals surface area contributed by atoms with Crippen LogP contribution >= 0.6 is 0 Å². The van der Waals surface area contributed by atoms with Crippen molar-refractivity contribution in [2.75, 3.05) is 31.5 Å². The van der Waals surface area contributed by atoms with Crippen LogP contribution < -0.4 is 20.7 Å². The molecule has 1 heterocycles. The lowest BCUT2D eigenvalue weighted by Crippen LogP contribution is -2.29. The van der Waals surface area contributed by atoms with Crippen LogP contribution in [0, 0.1) is 19.7 Å². The SMILES string of the molecule is Cc1ccc(OCc2nc(-c3ccc(C(=O)NCCCNCCNc4ccc(F)cc4)cc3)oc2C)cc1. The number of carbonyl (C=O) groups excluding carboxylic acids is 1. The molecule has 0 fully saturated rings. The van der Waals surface area contributed by atoms with Gasteiger partial charge in [-0.25, -0.2) is 9.37 Å². The smallest absolute Gasteiger partial charge is 0.251 e. The lowest BCUT2D eigenvalue weighted by molar-refractivity contribution is 0.0953. The predicted octanol–water partition coefficient (Wildman–Crippen LogP) is 5.50. The van der Waals surface area contributed by atoms with E-state index in [-0.39, 0.29) is 11.7 Å². The number of nitrogens with one attached hydrogen (secondary N) is 3. The van der Waals surface area contributed by atoms with Crippen molar-refractivity contribution in [1.29, 1.82) is 0 Å². The minimum atomic E-state index is -0.245. The number of anilines is 1. The first-order valence-corrected chi connectivity index (χ1v) is 12.7. The molecule has 198 valence electrons. The number of hydrogen-bond acceptors (Lipinski definition) is 6. The van der Waals surface area contributed by atoms with Crippen molar-refractivity contribution in [2.24, 2.45) is 0 Å². The molecule has 4 rings (SSSR count). The second-order valence-electron chi connectivity index (χ2n) is 8.99. The Labute approximate surface area is 222 Å². The van der Waals surface area contributed by atoms with Crippen LogP contribution in [0.2, 0.25) is 0 Å². The van der Waals surface area contributed by atoms with Gasteiger partial charge in [0.2, 0.25) is 5.89 Å². The summed E-state index contributed by atoms with van der Waals surface area (Å²) < 4.78 is 24.6. The summed E-state index contributed by atoms with van der Waals surface area (Å²) in [5.41, 5.74) is 4.18. The third kappa shape index (κ3) is 7.91. The highest BCUT2D eigenvalue weighted by molar-refractivity contribution is 5.94. The van der Waals surface area contributed by atoms with Crippen LogP contribution in [-0.4, -0.2) is 37.1 Å². The van der Waals surface area contributed by atoms with E-state index < -0.39 is 0 Å². The number of rotatable bonds is 13. The Morgan fingerprint density at radius 3 is 2.37 bits per heavy atom. The Morgan fingerprint density at radius 2 is 1.63 bits per heavy atom. The first-order chi connectivity index (χ1) is 18.5. The van der Waals surface area contributed by atoms with Crippen molar-refractivity contribution in [3.8, 4) is 17.2 Å². The van der Waals surface area contributed by atoms with Gasteiger partial charge in [0.05, 0.1) is 0 Å². The number of benzene rings is 3. The van der Waals surface area contributed by atoms with Crippen LogP contribution in [0.3, 0.4) is 0 Å². The van der Waals surface area contributed by atoms with Crippen molar-refractivity contribution in [2.45, 2.75) is 26.9 Å². The van der Waals surface area contributed by atoms with Gasteiger partial charge in [-0.1, -0.05) is 17.7 Å². The Balaban J connectivity index is 1.15. The van der Waals surface area contributed by atoms with Gasteiger partial charge in [-0.05, 0) is 87.5 Å². The summed E-state index contributed by atoms with van der Waals surface area (Å²) in [5, 5.41) is 9.48. The predicted molar refractivity (Wildman–Crippen MR) is 147 cm³/mol. The molecule has 3 aromatic carbocycles. The summed E-state index contributed by atoms with van der Waals surface area (Å²) in [5.74, 6) is 1.62. The van der Waals surface area contributed by atoms with Gasteiger partial charge in [0.1, 0.15) is 29.6 Å². The molecule has 4 aromatic rings. The van der Waals surface area contributed by atoms with Gasteiger partial charge in [-0.2, -0.15) is 0 Å². The van der Waals surface area contributed by atoms with Crippen molar-refractivity contribution in [3.63, 3.8) is 0 Å². The second kappa shape index (κ2) is 13.4. The molecule has 0 aliphatic heterocycles. The van der Waals surface area contributed by atoms with E-state index in [4.69, 9.17) is 9.15 Å². The maximum absolute atomic E-state index is 12.9. The zero-order valence-electron chi connectivity index (χ0n) is 21.7. The van der Waals surface area contributed by atoms with Gasteiger partial charge in [0.25, 0.3) is 5.91 Å². The molecule has 7 nitrogen and oxygen atoms in total. The summed E-state index contributed by atoms with van der Waals surface area (Å²) in [4.78, 5) is 17.1. The zero-order chi connectivity index (χ0) is 26.7. The number of aryl methyl sites for hydroxylation is 2. The molecule has 0 saturated heterocycles. The molecule has 38 heavy (non-hydrogen) atoms. The van der Waals surface area contributed by atoms with Gasteiger partial charge in [-0.3, -0.25) is 4.79 Å². The van der Waals surface area contributed by atoms with Crippen LogP contribution in [0.4, 0.5) is 10.1 Å². The van der Waals surface area contributed by atoms with Crippen LogP contribution in [-0.2, 0) is 6.61 Å². The van der Waals surface area contributed by atoms with E-state index in [0.29, 0.717) is 30.4 Å². The lowest BCUT2D eigenvalue weighted by Gasteiger charge is -2.09. The highest BCUT2D eigenvalue weighted by Gasteiger charge is 2.13. The monoisotopic (exact) mass is 516 g/mol. The maximum Gasteiger partial charge on any atom is 0.251 e. The number of carbonyl (C=O) groups is 1. The summed E-state index contributed by atoms with van der Waals surface area (Å²) in [6.07, 6.45) is 0.809. The molecule has 0 bridgehead atoms. The maximum atomic E-state index is 12.9. The number of ether oxygens (including phenoxy) is 1. The third-order valence-corrected chi connectivity index (χ3v) is 5.97. The molecule has 8 heteroatoms. The number of aromatic nitrogens is 1. The zero-order valence-corrected chi connectivity index (χ0v) is 21.7. The number of hydrogen-bond donors (Lipinski definition) is 3. The van der Waals surface area contributed by atoms with E-state index in [1.807, 2.05) is 50.2 Å². The average Bonchev–Trinajstić information content (AvgIpc) is 3.31. The van der Waals surface area contributed by atoms with Crippen molar-refractivity contribution >= 4 is 11.6 Å².